The number of nitrogens with zero attached hydrogens (tertiary/aromatic N) is 1. The second kappa shape index (κ2) is 7.28. The third kappa shape index (κ3) is 4.22. The van der Waals surface area contributed by atoms with Gasteiger partial charge >= 0.3 is 0 Å². The minimum Gasteiger partial charge on any atom is -0.326 e. The Kier molecular flexibility index (Phi) is 5.40. The number of halogens is 1. The average molecular weight is 292 g/mol. The number of nitriles is 1. The number of carbonyl (C=O) groups is 1. The Bertz CT molecular complexity index is 518. The molecule has 0 aromatic heterocycles. The molecule has 4 nitrogen and oxygen atoms in total. The van der Waals surface area contributed by atoms with Crippen LogP contribution in [0, 0.1) is 17.2 Å². The lowest BCUT2D eigenvalue weighted by molar-refractivity contribution is -0.116. The molecule has 106 valence electrons. The molecule has 1 amide bonds. The summed E-state index contributed by atoms with van der Waals surface area (Å²) in [6.45, 7) is 2.10. The second-order valence-corrected chi connectivity index (χ2v) is 5.51. The zero-order valence-electron chi connectivity index (χ0n) is 11.3. The number of carbonyl (C=O) groups excluding carboxylic acids is 1. The van der Waals surface area contributed by atoms with E-state index in [4.69, 9.17) is 16.9 Å². The Hall–Kier alpha value is -1.57. The molecule has 20 heavy (non-hydrogen) atoms. The minimum absolute atomic E-state index is 0.00338. The van der Waals surface area contributed by atoms with Crippen molar-refractivity contribution in [3.8, 4) is 6.07 Å². The molecule has 1 fully saturated rings. The van der Waals surface area contributed by atoms with E-state index in [9.17, 15) is 4.79 Å². The van der Waals surface area contributed by atoms with Crippen LogP contribution in [-0.4, -0.2) is 19.0 Å². The van der Waals surface area contributed by atoms with Crippen molar-refractivity contribution in [3.63, 3.8) is 0 Å². The monoisotopic (exact) mass is 291 g/mol. The maximum atomic E-state index is 11.9. The fourth-order valence-electron chi connectivity index (χ4n) is 2.41. The molecule has 1 aliphatic heterocycles. The van der Waals surface area contributed by atoms with Gasteiger partial charge in [-0.2, -0.15) is 5.26 Å². The van der Waals surface area contributed by atoms with E-state index in [-0.39, 0.29) is 5.91 Å². The summed E-state index contributed by atoms with van der Waals surface area (Å²) in [6.07, 6.45) is 3.81. The topological polar surface area (TPSA) is 64.9 Å². The lowest BCUT2D eigenvalue weighted by Gasteiger charge is -2.22. The molecular weight excluding hydrogens is 274 g/mol. The fraction of sp³-hybridized carbons (Fsp3) is 0.467. The molecule has 0 aliphatic carbocycles. The van der Waals surface area contributed by atoms with E-state index in [1.165, 1.54) is 12.8 Å². The Morgan fingerprint density at radius 1 is 1.55 bits per heavy atom. The van der Waals surface area contributed by atoms with Crippen molar-refractivity contribution in [2.45, 2.75) is 25.7 Å². The first-order chi connectivity index (χ1) is 9.69. The summed E-state index contributed by atoms with van der Waals surface area (Å²) in [6, 6.07) is 6.92. The van der Waals surface area contributed by atoms with Crippen molar-refractivity contribution in [1.29, 1.82) is 5.26 Å². The van der Waals surface area contributed by atoms with Gasteiger partial charge in [0, 0.05) is 12.1 Å². The molecule has 1 aromatic carbocycles. The highest BCUT2D eigenvalue weighted by Crippen LogP contribution is 2.21. The van der Waals surface area contributed by atoms with E-state index in [1.54, 1.807) is 18.2 Å². The molecule has 2 N–H and O–H groups in total. The van der Waals surface area contributed by atoms with Gasteiger partial charge in [0.05, 0.1) is 10.6 Å². The van der Waals surface area contributed by atoms with Gasteiger partial charge in [-0.25, -0.2) is 0 Å². The molecule has 2 rings (SSSR count). The summed E-state index contributed by atoms with van der Waals surface area (Å²) in [7, 11) is 0. The van der Waals surface area contributed by atoms with Gasteiger partial charge in [0.1, 0.15) is 6.07 Å². The van der Waals surface area contributed by atoms with Gasteiger partial charge in [-0.1, -0.05) is 11.6 Å². The van der Waals surface area contributed by atoms with Crippen molar-refractivity contribution in [1.82, 2.24) is 5.32 Å². The fourth-order valence-corrected chi connectivity index (χ4v) is 2.64. The SMILES string of the molecule is N#Cc1ccc(NC(=O)CCC2CCCNC2)cc1Cl. The van der Waals surface area contributed by atoms with Crippen LogP contribution in [0.15, 0.2) is 18.2 Å². The number of piperidine rings is 1. The Balaban J connectivity index is 1.82. The Labute approximate surface area is 124 Å². The van der Waals surface area contributed by atoms with Crippen molar-refractivity contribution in [3.05, 3.63) is 28.8 Å². The number of anilines is 1. The number of hydrogen-bond acceptors (Lipinski definition) is 3. The largest absolute Gasteiger partial charge is 0.326 e. The number of hydrogen-bond donors (Lipinski definition) is 2. The van der Waals surface area contributed by atoms with Gasteiger partial charge < -0.3 is 10.6 Å². The third-order valence-electron chi connectivity index (χ3n) is 3.55. The lowest BCUT2D eigenvalue weighted by atomic mass is 9.94. The van der Waals surface area contributed by atoms with Crippen molar-refractivity contribution in [2.24, 2.45) is 5.92 Å². The minimum atomic E-state index is -0.00338. The Morgan fingerprint density at radius 3 is 3.05 bits per heavy atom. The molecule has 0 radical (unpaired) electrons. The second-order valence-electron chi connectivity index (χ2n) is 5.11. The van der Waals surface area contributed by atoms with Crippen LogP contribution >= 0.6 is 11.6 Å². The molecular formula is C15H18ClN3O. The van der Waals surface area contributed by atoms with Gasteiger partial charge in [0.2, 0.25) is 5.91 Å². The molecule has 1 atom stereocenters. The summed E-state index contributed by atoms with van der Waals surface area (Å²) in [5.41, 5.74) is 1.05. The predicted molar refractivity (Wildman–Crippen MR) is 79.6 cm³/mol. The van der Waals surface area contributed by atoms with Crippen LogP contribution in [0.3, 0.4) is 0 Å². The van der Waals surface area contributed by atoms with Crippen LogP contribution < -0.4 is 10.6 Å². The first kappa shape index (κ1) is 14.8. The average Bonchev–Trinajstić information content (AvgIpc) is 2.46. The van der Waals surface area contributed by atoms with E-state index >= 15 is 0 Å². The Morgan fingerprint density at radius 2 is 2.40 bits per heavy atom. The van der Waals surface area contributed by atoms with E-state index in [0.717, 1.165) is 19.5 Å². The van der Waals surface area contributed by atoms with Gasteiger partial charge in [0.15, 0.2) is 0 Å². The summed E-state index contributed by atoms with van der Waals surface area (Å²) in [5.74, 6) is 0.593. The van der Waals surface area contributed by atoms with Crippen LogP contribution in [-0.2, 0) is 4.79 Å². The summed E-state index contributed by atoms with van der Waals surface area (Å²) in [4.78, 5) is 11.9. The molecule has 0 bridgehead atoms. The highest BCUT2D eigenvalue weighted by atomic mass is 35.5. The standard InChI is InChI=1S/C15H18ClN3O/c16-14-8-13(5-4-12(14)9-17)19-15(20)6-3-11-2-1-7-18-10-11/h4-5,8,11,18H,1-3,6-7,10H2,(H,19,20). The quantitative estimate of drug-likeness (QED) is 0.896. The zero-order chi connectivity index (χ0) is 14.4. The van der Waals surface area contributed by atoms with Gasteiger partial charge in [-0.3, -0.25) is 4.79 Å². The summed E-state index contributed by atoms with van der Waals surface area (Å²) < 4.78 is 0. The molecule has 1 heterocycles. The van der Waals surface area contributed by atoms with Crippen molar-refractivity contribution < 1.29 is 4.79 Å². The molecule has 1 aromatic rings. The molecule has 0 spiro atoms. The number of rotatable bonds is 4. The first-order valence-corrected chi connectivity index (χ1v) is 7.27. The molecule has 0 saturated carbocycles. The molecule has 5 heteroatoms. The van der Waals surface area contributed by atoms with Crippen LogP contribution in [0.4, 0.5) is 5.69 Å². The summed E-state index contributed by atoms with van der Waals surface area (Å²) in [5, 5.41) is 15.3. The van der Waals surface area contributed by atoms with Crippen LogP contribution in [0.5, 0.6) is 0 Å². The van der Waals surface area contributed by atoms with Crippen molar-refractivity contribution in [2.75, 3.05) is 18.4 Å². The van der Waals surface area contributed by atoms with Crippen LogP contribution in [0.1, 0.15) is 31.2 Å². The van der Waals surface area contributed by atoms with E-state index in [1.807, 2.05) is 6.07 Å². The lowest BCUT2D eigenvalue weighted by Crippen LogP contribution is -2.30. The van der Waals surface area contributed by atoms with E-state index < -0.39 is 0 Å². The van der Waals surface area contributed by atoms with Crippen molar-refractivity contribution >= 4 is 23.2 Å². The number of amides is 1. The van der Waals surface area contributed by atoms with Gasteiger partial charge in [-0.15, -0.1) is 0 Å². The highest BCUT2D eigenvalue weighted by Gasteiger charge is 2.14. The van der Waals surface area contributed by atoms with Crippen LogP contribution in [0.25, 0.3) is 0 Å². The van der Waals surface area contributed by atoms with E-state index in [2.05, 4.69) is 10.6 Å². The first-order valence-electron chi connectivity index (χ1n) is 6.89. The maximum Gasteiger partial charge on any atom is 0.224 e. The van der Waals surface area contributed by atoms with Crippen LogP contribution in [0.2, 0.25) is 5.02 Å². The smallest absolute Gasteiger partial charge is 0.224 e. The predicted octanol–water partition coefficient (Wildman–Crippen LogP) is 2.93. The van der Waals surface area contributed by atoms with Gasteiger partial charge in [0.25, 0.3) is 0 Å². The zero-order valence-corrected chi connectivity index (χ0v) is 12.0. The summed E-state index contributed by atoms with van der Waals surface area (Å²) >= 11 is 5.93. The maximum absolute atomic E-state index is 11.9. The molecule has 1 saturated heterocycles. The number of nitrogens with one attached hydrogen (secondary N) is 2. The number of benzene rings is 1. The normalized spacial score (nSPS) is 18.3. The molecule has 1 aliphatic rings. The third-order valence-corrected chi connectivity index (χ3v) is 3.86. The van der Waals surface area contributed by atoms with E-state index in [0.29, 0.717) is 28.6 Å². The molecule has 1 unspecified atom stereocenters. The highest BCUT2D eigenvalue weighted by molar-refractivity contribution is 6.32. The van der Waals surface area contributed by atoms with Gasteiger partial charge in [-0.05, 0) is 56.5 Å².